The van der Waals surface area contributed by atoms with Crippen molar-refractivity contribution in [1.29, 1.82) is 0 Å². The van der Waals surface area contributed by atoms with Crippen molar-refractivity contribution in [3.63, 3.8) is 0 Å². The monoisotopic (exact) mass is 270 g/mol. The Balaban J connectivity index is 1.98. The molecule has 2 N–H and O–H groups in total. The number of hydrogen-bond donors (Lipinski definition) is 2. The maximum absolute atomic E-state index is 11.7. The lowest BCUT2D eigenvalue weighted by Crippen LogP contribution is -2.37. The first-order valence-corrected chi connectivity index (χ1v) is 7.79. The van der Waals surface area contributed by atoms with E-state index in [9.17, 15) is 4.79 Å². The second-order valence-electron chi connectivity index (χ2n) is 5.77. The maximum Gasteiger partial charge on any atom is 0.246 e. The average Bonchev–Trinajstić information content (AvgIpc) is 2.62. The molecule has 1 fully saturated rings. The van der Waals surface area contributed by atoms with Crippen molar-refractivity contribution >= 4 is 5.91 Å². The smallest absolute Gasteiger partial charge is 0.246 e. The first-order valence-electron chi connectivity index (χ1n) is 7.79. The van der Waals surface area contributed by atoms with Gasteiger partial charge < -0.3 is 15.4 Å². The van der Waals surface area contributed by atoms with Crippen LogP contribution < -0.4 is 10.6 Å². The van der Waals surface area contributed by atoms with Crippen molar-refractivity contribution in [2.45, 2.75) is 70.9 Å². The maximum atomic E-state index is 11.7. The fourth-order valence-electron chi connectivity index (χ4n) is 2.42. The van der Waals surface area contributed by atoms with E-state index in [0.717, 1.165) is 25.8 Å². The highest BCUT2D eigenvalue weighted by Gasteiger charge is 2.14. The molecule has 1 rings (SSSR count). The van der Waals surface area contributed by atoms with E-state index in [1.165, 1.54) is 25.7 Å². The molecule has 0 aromatic heterocycles. The molecule has 0 aromatic carbocycles. The van der Waals surface area contributed by atoms with Crippen molar-refractivity contribution in [3.8, 4) is 0 Å². The first-order chi connectivity index (χ1) is 9.18. The van der Waals surface area contributed by atoms with E-state index in [4.69, 9.17) is 4.74 Å². The quantitative estimate of drug-likeness (QED) is 0.525. The summed E-state index contributed by atoms with van der Waals surface area (Å²) in [6.45, 7) is 6.06. The molecular formula is C15H30N2O2. The van der Waals surface area contributed by atoms with Gasteiger partial charge in [0.15, 0.2) is 0 Å². The van der Waals surface area contributed by atoms with Gasteiger partial charge in [-0.2, -0.15) is 0 Å². The van der Waals surface area contributed by atoms with Crippen molar-refractivity contribution in [3.05, 3.63) is 0 Å². The van der Waals surface area contributed by atoms with E-state index in [1.54, 1.807) is 0 Å². The van der Waals surface area contributed by atoms with Gasteiger partial charge in [-0.25, -0.2) is 0 Å². The summed E-state index contributed by atoms with van der Waals surface area (Å²) >= 11 is 0. The van der Waals surface area contributed by atoms with Crippen LogP contribution in [0.2, 0.25) is 0 Å². The van der Waals surface area contributed by atoms with Crippen molar-refractivity contribution in [2.24, 2.45) is 0 Å². The van der Waals surface area contributed by atoms with Crippen LogP contribution >= 0.6 is 0 Å². The molecule has 0 aromatic rings. The van der Waals surface area contributed by atoms with Crippen LogP contribution in [0, 0.1) is 0 Å². The van der Waals surface area contributed by atoms with E-state index in [0.29, 0.717) is 18.7 Å². The first kappa shape index (κ1) is 16.4. The molecule has 1 aliphatic rings. The van der Waals surface area contributed by atoms with Gasteiger partial charge in [0.05, 0.1) is 0 Å². The molecule has 4 nitrogen and oxygen atoms in total. The summed E-state index contributed by atoms with van der Waals surface area (Å²) in [5.74, 6) is 0.0451. The molecule has 1 saturated carbocycles. The molecule has 0 spiro atoms. The van der Waals surface area contributed by atoms with Gasteiger partial charge >= 0.3 is 0 Å². The Labute approximate surface area is 117 Å². The van der Waals surface area contributed by atoms with Crippen LogP contribution in [-0.2, 0) is 9.53 Å². The van der Waals surface area contributed by atoms with Gasteiger partial charge in [0, 0.05) is 18.7 Å². The van der Waals surface area contributed by atoms with Crippen LogP contribution in [0.25, 0.3) is 0 Å². The molecule has 0 aliphatic heterocycles. The number of amides is 1. The lowest BCUT2D eigenvalue weighted by Gasteiger charge is -2.16. The summed E-state index contributed by atoms with van der Waals surface area (Å²) < 4.78 is 5.40. The number of carbonyl (C=O) groups excluding carboxylic acids is 1. The normalized spacial score (nSPS) is 17.4. The van der Waals surface area contributed by atoms with Gasteiger partial charge in [0.1, 0.15) is 6.61 Å². The summed E-state index contributed by atoms with van der Waals surface area (Å²) in [7, 11) is 0. The van der Waals surface area contributed by atoms with Crippen LogP contribution in [0.4, 0.5) is 0 Å². The van der Waals surface area contributed by atoms with E-state index in [1.807, 2.05) is 0 Å². The van der Waals surface area contributed by atoms with Gasteiger partial charge in [-0.3, -0.25) is 4.79 Å². The van der Waals surface area contributed by atoms with E-state index in [-0.39, 0.29) is 12.5 Å². The topological polar surface area (TPSA) is 50.4 Å². The summed E-state index contributed by atoms with van der Waals surface area (Å²) in [6.07, 6.45) is 8.32. The molecule has 19 heavy (non-hydrogen) atoms. The number of rotatable bonds is 8. The minimum absolute atomic E-state index is 0.0451. The summed E-state index contributed by atoms with van der Waals surface area (Å²) in [6, 6.07) is 0.889. The molecule has 0 heterocycles. The molecule has 4 heteroatoms. The summed E-state index contributed by atoms with van der Waals surface area (Å²) in [5, 5.41) is 6.41. The number of ether oxygens (including phenoxy) is 1. The SMILES string of the molecule is CC(C)NCCCOCC(=O)NC1CCCCCC1. The highest BCUT2D eigenvalue weighted by atomic mass is 16.5. The summed E-state index contributed by atoms with van der Waals surface area (Å²) in [5.41, 5.74) is 0. The fraction of sp³-hybridized carbons (Fsp3) is 0.933. The largest absolute Gasteiger partial charge is 0.372 e. The van der Waals surface area contributed by atoms with E-state index >= 15 is 0 Å². The van der Waals surface area contributed by atoms with Crippen LogP contribution in [0.1, 0.15) is 58.8 Å². The predicted molar refractivity (Wildman–Crippen MR) is 78.2 cm³/mol. The molecule has 112 valence electrons. The minimum Gasteiger partial charge on any atom is -0.372 e. The Morgan fingerprint density at radius 1 is 1.21 bits per heavy atom. The van der Waals surface area contributed by atoms with Crippen LogP contribution in [-0.4, -0.2) is 37.7 Å². The lowest BCUT2D eigenvalue weighted by atomic mass is 10.1. The molecule has 0 radical (unpaired) electrons. The third-order valence-electron chi connectivity index (χ3n) is 3.47. The zero-order valence-electron chi connectivity index (χ0n) is 12.5. The molecular weight excluding hydrogens is 240 g/mol. The van der Waals surface area contributed by atoms with Gasteiger partial charge in [0.25, 0.3) is 0 Å². The fourth-order valence-corrected chi connectivity index (χ4v) is 2.42. The third kappa shape index (κ3) is 9.00. The molecule has 1 aliphatic carbocycles. The van der Waals surface area contributed by atoms with Crippen molar-refractivity contribution in [2.75, 3.05) is 19.8 Å². The summed E-state index contributed by atoms with van der Waals surface area (Å²) in [4.78, 5) is 11.7. The van der Waals surface area contributed by atoms with Gasteiger partial charge in [-0.05, 0) is 25.8 Å². The Morgan fingerprint density at radius 3 is 2.53 bits per heavy atom. The molecule has 1 amide bonds. The number of nitrogens with one attached hydrogen (secondary N) is 2. The van der Waals surface area contributed by atoms with E-state index < -0.39 is 0 Å². The number of carbonyl (C=O) groups is 1. The van der Waals surface area contributed by atoms with Crippen LogP contribution in [0.5, 0.6) is 0 Å². The molecule has 0 atom stereocenters. The van der Waals surface area contributed by atoms with Crippen molar-refractivity contribution < 1.29 is 9.53 Å². The minimum atomic E-state index is 0.0451. The third-order valence-corrected chi connectivity index (χ3v) is 3.47. The highest BCUT2D eigenvalue weighted by molar-refractivity contribution is 5.77. The zero-order chi connectivity index (χ0) is 13.9. The van der Waals surface area contributed by atoms with Gasteiger partial charge in [-0.15, -0.1) is 0 Å². The van der Waals surface area contributed by atoms with Gasteiger partial charge in [0.2, 0.25) is 5.91 Å². The van der Waals surface area contributed by atoms with E-state index in [2.05, 4.69) is 24.5 Å². The molecule has 0 bridgehead atoms. The molecule has 0 saturated heterocycles. The Hall–Kier alpha value is -0.610. The van der Waals surface area contributed by atoms with Crippen molar-refractivity contribution in [1.82, 2.24) is 10.6 Å². The average molecular weight is 270 g/mol. The lowest BCUT2D eigenvalue weighted by molar-refractivity contribution is -0.126. The Bertz CT molecular complexity index is 236. The predicted octanol–water partition coefficient (Wildman–Crippen LogP) is 2.23. The Morgan fingerprint density at radius 2 is 1.89 bits per heavy atom. The second-order valence-corrected chi connectivity index (χ2v) is 5.77. The Kier molecular flexibility index (Phi) is 8.84. The standard InChI is InChI=1S/C15H30N2O2/c1-13(2)16-10-7-11-19-12-15(18)17-14-8-5-3-4-6-9-14/h13-14,16H,3-12H2,1-2H3,(H,17,18). The van der Waals surface area contributed by atoms with Crippen LogP contribution in [0.15, 0.2) is 0 Å². The zero-order valence-corrected chi connectivity index (χ0v) is 12.5. The second kappa shape index (κ2) is 10.2. The van der Waals surface area contributed by atoms with Gasteiger partial charge in [-0.1, -0.05) is 39.5 Å². The highest BCUT2D eigenvalue weighted by Crippen LogP contribution is 2.16. The molecule has 0 unspecified atom stereocenters. The van der Waals surface area contributed by atoms with Crippen LogP contribution in [0.3, 0.4) is 0 Å². The number of hydrogen-bond acceptors (Lipinski definition) is 3.